The van der Waals surface area contributed by atoms with Crippen molar-refractivity contribution in [3.05, 3.63) is 59.7 Å². The van der Waals surface area contributed by atoms with E-state index in [4.69, 9.17) is 5.73 Å². The minimum atomic E-state index is 0.0361. The molecule has 20 heavy (non-hydrogen) atoms. The fourth-order valence-electron chi connectivity index (χ4n) is 2.30. The number of rotatable bonds is 5. The minimum Gasteiger partial charge on any atom is -0.399 e. The summed E-state index contributed by atoms with van der Waals surface area (Å²) in [6, 6.07) is 16.6. The summed E-state index contributed by atoms with van der Waals surface area (Å²) in [4.78, 5) is 0. The Morgan fingerprint density at radius 2 is 1.75 bits per heavy atom. The van der Waals surface area contributed by atoms with Crippen LogP contribution in [-0.2, 0) is 6.42 Å². The summed E-state index contributed by atoms with van der Waals surface area (Å²) < 4.78 is 0. The van der Waals surface area contributed by atoms with Crippen LogP contribution in [0.4, 0.5) is 11.4 Å². The van der Waals surface area contributed by atoms with Crippen LogP contribution >= 0.6 is 0 Å². The molecule has 0 aliphatic rings. The zero-order valence-electron chi connectivity index (χ0n) is 12.6. The molecule has 3 N–H and O–H groups in total. The Hall–Kier alpha value is -1.96. The van der Waals surface area contributed by atoms with E-state index < -0.39 is 0 Å². The standard InChI is InChI=1S/C18H24N2/c1-14-9-10-16(19)13-17(14)20-18(2,3)12-11-15-7-5-4-6-8-15/h4-10,13,20H,11-12,19H2,1-3H3. The molecule has 0 amide bonds. The predicted octanol–water partition coefficient (Wildman–Crippen LogP) is 4.40. The maximum absolute atomic E-state index is 5.87. The maximum atomic E-state index is 5.87. The van der Waals surface area contributed by atoms with Crippen LogP contribution in [0.2, 0.25) is 0 Å². The first kappa shape index (κ1) is 14.4. The molecule has 0 heterocycles. The van der Waals surface area contributed by atoms with Crippen molar-refractivity contribution in [2.24, 2.45) is 0 Å². The first-order chi connectivity index (χ1) is 9.46. The molecule has 0 aromatic heterocycles. The zero-order chi connectivity index (χ0) is 14.6. The quantitative estimate of drug-likeness (QED) is 0.789. The van der Waals surface area contributed by atoms with Gasteiger partial charge in [-0.15, -0.1) is 0 Å². The average molecular weight is 268 g/mol. The molecule has 0 saturated heterocycles. The number of nitrogens with one attached hydrogen (secondary N) is 1. The monoisotopic (exact) mass is 268 g/mol. The highest BCUT2D eigenvalue weighted by Gasteiger charge is 2.18. The number of aryl methyl sites for hydroxylation is 2. The van der Waals surface area contributed by atoms with Crippen LogP contribution in [-0.4, -0.2) is 5.54 Å². The number of hydrogen-bond acceptors (Lipinski definition) is 2. The lowest BCUT2D eigenvalue weighted by molar-refractivity contribution is 0.518. The Kier molecular flexibility index (Phi) is 4.33. The molecule has 2 nitrogen and oxygen atoms in total. The molecule has 0 saturated carbocycles. The largest absolute Gasteiger partial charge is 0.399 e. The molecule has 2 heteroatoms. The fourth-order valence-corrected chi connectivity index (χ4v) is 2.30. The molecular formula is C18H24N2. The smallest absolute Gasteiger partial charge is 0.0394 e. The molecule has 0 radical (unpaired) electrons. The number of nitrogen functional groups attached to an aromatic ring is 1. The zero-order valence-corrected chi connectivity index (χ0v) is 12.6. The van der Waals surface area contributed by atoms with Gasteiger partial charge in [0.25, 0.3) is 0 Å². The third kappa shape index (κ3) is 4.02. The van der Waals surface area contributed by atoms with Crippen LogP contribution in [0.5, 0.6) is 0 Å². The van der Waals surface area contributed by atoms with Crippen molar-refractivity contribution >= 4 is 11.4 Å². The van der Waals surface area contributed by atoms with Gasteiger partial charge in [-0.2, -0.15) is 0 Å². The van der Waals surface area contributed by atoms with Gasteiger partial charge < -0.3 is 11.1 Å². The first-order valence-corrected chi connectivity index (χ1v) is 7.14. The van der Waals surface area contributed by atoms with E-state index in [-0.39, 0.29) is 5.54 Å². The summed E-state index contributed by atoms with van der Waals surface area (Å²) in [6.07, 6.45) is 2.15. The Balaban J connectivity index is 2.01. The van der Waals surface area contributed by atoms with Crippen molar-refractivity contribution in [3.8, 4) is 0 Å². The van der Waals surface area contributed by atoms with Crippen molar-refractivity contribution in [2.45, 2.75) is 39.2 Å². The van der Waals surface area contributed by atoms with Gasteiger partial charge in [0, 0.05) is 16.9 Å². The van der Waals surface area contributed by atoms with Crippen LogP contribution in [0.3, 0.4) is 0 Å². The number of benzene rings is 2. The van der Waals surface area contributed by atoms with Gasteiger partial charge >= 0.3 is 0 Å². The number of hydrogen-bond donors (Lipinski definition) is 2. The first-order valence-electron chi connectivity index (χ1n) is 7.14. The van der Waals surface area contributed by atoms with Crippen molar-refractivity contribution < 1.29 is 0 Å². The summed E-state index contributed by atoms with van der Waals surface area (Å²) in [5.74, 6) is 0. The van der Waals surface area contributed by atoms with E-state index in [0.29, 0.717) is 0 Å². The minimum absolute atomic E-state index is 0.0361. The summed E-state index contributed by atoms with van der Waals surface area (Å²) in [5, 5.41) is 3.62. The highest BCUT2D eigenvalue weighted by atomic mass is 15.0. The van der Waals surface area contributed by atoms with E-state index >= 15 is 0 Å². The summed E-state index contributed by atoms with van der Waals surface area (Å²) in [6.45, 7) is 6.58. The average Bonchev–Trinajstić information content (AvgIpc) is 2.42. The van der Waals surface area contributed by atoms with Gasteiger partial charge in [0.05, 0.1) is 0 Å². The molecule has 2 rings (SSSR count). The van der Waals surface area contributed by atoms with Gasteiger partial charge in [0.15, 0.2) is 0 Å². The molecular weight excluding hydrogens is 244 g/mol. The van der Waals surface area contributed by atoms with Gasteiger partial charge in [0.1, 0.15) is 0 Å². The van der Waals surface area contributed by atoms with E-state index in [0.717, 1.165) is 24.2 Å². The van der Waals surface area contributed by atoms with Crippen LogP contribution in [0.15, 0.2) is 48.5 Å². The summed E-state index contributed by atoms with van der Waals surface area (Å²) >= 11 is 0. The molecule has 2 aromatic rings. The third-order valence-corrected chi connectivity index (χ3v) is 3.62. The van der Waals surface area contributed by atoms with Crippen molar-refractivity contribution in [1.29, 1.82) is 0 Å². The normalized spacial score (nSPS) is 11.3. The number of nitrogens with two attached hydrogens (primary N) is 1. The molecule has 0 unspecified atom stereocenters. The second-order valence-electron chi connectivity index (χ2n) is 6.07. The van der Waals surface area contributed by atoms with Gasteiger partial charge in [-0.1, -0.05) is 36.4 Å². The van der Waals surface area contributed by atoms with Gasteiger partial charge in [-0.05, 0) is 56.9 Å². The van der Waals surface area contributed by atoms with Gasteiger partial charge in [-0.3, -0.25) is 0 Å². The molecule has 0 aliphatic carbocycles. The van der Waals surface area contributed by atoms with Crippen LogP contribution in [0, 0.1) is 6.92 Å². The van der Waals surface area contributed by atoms with Crippen LogP contribution in [0.25, 0.3) is 0 Å². The highest BCUT2D eigenvalue weighted by Crippen LogP contribution is 2.24. The van der Waals surface area contributed by atoms with E-state index in [1.807, 2.05) is 12.1 Å². The molecule has 106 valence electrons. The topological polar surface area (TPSA) is 38.0 Å². The third-order valence-electron chi connectivity index (χ3n) is 3.62. The lowest BCUT2D eigenvalue weighted by atomic mass is 9.94. The maximum Gasteiger partial charge on any atom is 0.0394 e. The van der Waals surface area contributed by atoms with Gasteiger partial charge in [0.2, 0.25) is 0 Å². The molecule has 0 spiro atoms. The Bertz CT molecular complexity index is 559. The lowest BCUT2D eigenvalue weighted by Gasteiger charge is -2.29. The predicted molar refractivity (Wildman–Crippen MR) is 88.1 cm³/mol. The van der Waals surface area contributed by atoms with Gasteiger partial charge in [-0.25, -0.2) is 0 Å². The number of anilines is 2. The van der Waals surface area contributed by atoms with E-state index in [1.165, 1.54) is 11.1 Å². The van der Waals surface area contributed by atoms with E-state index in [9.17, 15) is 0 Å². The SMILES string of the molecule is Cc1ccc(N)cc1NC(C)(C)CCc1ccccc1. The summed E-state index contributed by atoms with van der Waals surface area (Å²) in [7, 11) is 0. The lowest BCUT2D eigenvalue weighted by Crippen LogP contribution is -2.31. The molecule has 0 fully saturated rings. The van der Waals surface area contributed by atoms with Crippen LogP contribution < -0.4 is 11.1 Å². The van der Waals surface area contributed by atoms with E-state index in [2.05, 4.69) is 62.5 Å². The Morgan fingerprint density at radius 3 is 2.45 bits per heavy atom. The van der Waals surface area contributed by atoms with E-state index in [1.54, 1.807) is 0 Å². The van der Waals surface area contributed by atoms with Crippen molar-refractivity contribution in [2.75, 3.05) is 11.1 Å². The Labute approximate surface area is 122 Å². The summed E-state index contributed by atoms with van der Waals surface area (Å²) in [5.41, 5.74) is 10.4. The molecule has 0 bridgehead atoms. The van der Waals surface area contributed by atoms with Crippen molar-refractivity contribution in [1.82, 2.24) is 0 Å². The second kappa shape index (κ2) is 6.00. The molecule has 0 aliphatic heterocycles. The molecule has 0 atom stereocenters. The fraction of sp³-hybridized carbons (Fsp3) is 0.333. The highest BCUT2D eigenvalue weighted by molar-refractivity contribution is 5.60. The molecule has 2 aromatic carbocycles. The van der Waals surface area contributed by atoms with Crippen LogP contribution in [0.1, 0.15) is 31.4 Å². The second-order valence-corrected chi connectivity index (χ2v) is 6.07. The Morgan fingerprint density at radius 1 is 1.05 bits per heavy atom. The van der Waals surface area contributed by atoms with Crippen molar-refractivity contribution in [3.63, 3.8) is 0 Å².